The third kappa shape index (κ3) is 3.87. The molecule has 1 fully saturated rings. The highest BCUT2D eigenvalue weighted by Gasteiger charge is 2.29. The van der Waals surface area contributed by atoms with Gasteiger partial charge in [-0.2, -0.15) is 0 Å². The van der Waals surface area contributed by atoms with Crippen LogP contribution in [0.15, 0.2) is 18.2 Å². The van der Waals surface area contributed by atoms with Crippen LogP contribution in [0.3, 0.4) is 0 Å². The molecule has 0 saturated carbocycles. The number of hydrogen-bond donors (Lipinski definition) is 1. The number of sulfonamides is 1. The maximum Gasteiger partial charge on any atom is 0.305 e. The zero-order valence-electron chi connectivity index (χ0n) is 13.9. The topological polar surface area (TPSA) is 95.0 Å². The van der Waals surface area contributed by atoms with Crippen molar-refractivity contribution in [2.45, 2.75) is 26.7 Å². The first-order valence-electron chi connectivity index (χ1n) is 7.88. The summed E-state index contributed by atoms with van der Waals surface area (Å²) in [4.78, 5) is 24.7. The summed E-state index contributed by atoms with van der Waals surface area (Å²) in [7, 11) is -3.26. The van der Waals surface area contributed by atoms with Crippen LogP contribution in [0, 0.1) is 6.92 Å². The van der Waals surface area contributed by atoms with Crippen LogP contribution in [0.25, 0.3) is 0 Å². The van der Waals surface area contributed by atoms with Crippen LogP contribution in [0.4, 0.5) is 5.69 Å². The van der Waals surface area contributed by atoms with E-state index in [0.29, 0.717) is 36.3 Å². The van der Waals surface area contributed by atoms with Gasteiger partial charge in [-0.3, -0.25) is 13.9 Å². The molecule has 1 saturated heterocycles. The summed E-state index contributed by atoms with van der Waals surface area (Å²) in [6.07, 6.45) is 0.490. The van der Waals surface area contributed by atoms with Crippen molar-refractivity contribution < 1.29 is 23.1 Å². The van der Waals surface area contributed by atoms with E-state index >= 15 is 0 Å². The Kier molecular flexibility index (Phi) is 5.48. The average molecular weight is 354 g/mol. The second kappa shape index (κ2) is 7.21. The van der Waals surface area contributed by atoms with Crippen LogP contribution in [0.1, 0.15) is 35.7 Å². The molecule has 0 spiro atoms. The molecule has 1 aromatic carbocycles. The summed E-state index contributed by atoms with van der Waals surface area (Å²) in [6.45, 7) is 4.56. The zero-order valence-corrected chi connectivity index (χ0v) is 14.7. The van der Waals surface area contributed by atoms with Gasteiger partial charge in [0.1, 0.15) is 0 Å². The lowest BCUT2D eigenvalue weighted by Crippen LogP contribution is -2.33. The number of hydrogen-bond acceptors (Lipinski definition) is 4. The molecule has 2 rings (SSSR count). The molecule has 1 amide bonds. The van der Waals surface area contributed by atoms with Crippen molar-refractivity contribution in [2.75, 3.05) is 29.7 Å². The summed E-state index contributed by atoms with van der Waals surface area (Å²) >= 11 is 0. The quantitative estimate of drug-likeness (QED) is 0.835. The molecular formula is C16H22N2O5S. The number of anilines is 1. The van der Waals surface area contributed by atoms with E-state index in [1.54, 1.807) is 32.0 Å². The van der Waals surface area contributed by atoms with Crippen molar-refractivity contribution >= 4 is 27.6 Å². The molecule has 132 valence electrons. The molecule has 1 aromatic rings. The van der Waals surface area contributed by atoms with Gasteiger partial charge in [-0.25, -0.2) is 8.42 Å². The van der Waals surface area contributed by atoms with E-state index in [-0.39, 0.29) is 24.6 Å². The van der Waals surface area contributed by atoms with Crippen LogP contribution < -0.4 is 4.31 Å². The third-order valence-corrected chi connectivity index (χ3v) is 5.96. The fourth-order valence-corrected chi connectivity index (χ4v) is 4.33. The molecule has 1 aliphatic rings. The number of benzene rings is 1. The van der Waals surface area contributed by atoms with Crippen LogP contribution in [-0.2, 0) is 14.8 Å². The van der Waals surface area contributed by atoms with Gasteiger partial charge >= 0.3 is 5.97 Å². The molecule has 0 bridgehead atoms. The lowest BCUT2D eigenvalue weighted by Gasteiger charge is -2.22. The zero-order chi connectivity index (χ0) is 17.9. The normalized spacial score (nSPS) is 16.2. The molecular weight excluding hydrogens is 332 g/mol. The number of nitrogens with zero attached hydrogens (tertiary/aromatic N) is 2. The van der Waals surface area contributed by atoms with Gasteiger partial charge in [-0.05, 0) is 44.0 Å². The number of carbonyl (C=O) groups is 2. The Morgan fingerprint density at radius 2 is 2.04 bits per heavy atom. The average Bonchev–Trinajstić information content (AvgIpc) is 2.86. The summed E-state index contributed by atoms with van der Waals surface area (Å²) in [5.74, 6) is -1.05. The third-order valence-electron chi connectivity index (χ3n) is 4.09. The van der Waals surface area contributed by atoms with E-state index in [9.17, 15) is 18.0 Å². The largest absolute Gasteiger partial charge is 0.481 e. The minimum absolute atomic E-state index is 0.108. The van der Waals surface area contributed by atoms with E-state index in [2.05, 4.69) is 0 Å². The van der Waals surface area contributed by atoms with Crippen molar-refractivity contribution in [2.24, 2.45) is 0 Å². The first-order valence-corrected chi connectivity index (χ1v) is 9.49. The molecule has 8 heteroatoms. The highest BCUT2D eigenvalue weighted by molar-refractivity contribution is 7.93. The SMILES string of the molecule is CCN(CCC(=O)O)C(=O)c1ccc(N2CCCS2(=O)=O)cc1C. The fraction of sp³-hybridized carbons (Fsp3) is 0.500. The Labute approximate surface area is 141 Å². The number of aryl methyl sites for hydroxylation is 1. The Bertz CT molecular complexity index is 745. The van der Waals surface area contributed by atoms with E-state index in [1.165, 1.54) is 9.21 Å². The van der Waals surface area contributed by atoms with E-state index in [1.807, 2.05) is 0 Å². The van der Waals surface area contributed by atoms with Crippen molar-refractivity contribution in [1.82, 2.24) is 4.90 Å². The van der Waals surface area contributed by atoms with E-state index < -0.39 is 16.0 Å². The van der Waals surface area contributed by atoms with Gasteiger partial charge in [0, 0.05) is 25.2 Å². The van der Waals surface area contributed by atoms with Gasteiger partial charge in [0.2, 0.25) is 10.0 Å². The Balaban J connectivity index is 2.22. The predicted molar refractivity (Wildman–Crippen MR) is 90.8 cm³/mol. The summed E-state index contributed by atoms with van der Waals surface area (Å²) in [5, 5.41) is 8.77. The summed E-state index contributed by atoms with van der Waals surface area (Å²) in [5.41, 5.74) is 1.70. The maximum absolute atomic E-state index is 12.6. The fourth-order valence-electron chi connectivity index (χ4n) is 2.78. The van der Waals surface area contributed by atoms with Crippen LogP contribution in [0.2, 0.25) is 0 Å². The summed E-state index contributed by atoms with van der Waals surface area (Å²) < 4.78 is 25.4. The van der Waals surface area contributed by atoms with Crippen molar-refractivity contribution in [1.29, 1.82) is 0 Å². The van der Waals surface area contributed by atoms with Gasteiger partial charge in [-0.1, -0.05) is 0 Å². The number of carboxylic acids is 1. The Hall–Kier alpha value is -2.09. The first-order chi connectivity index (χ1) is 11.3. The van der Waals surface area contributed by atoms with Crippen molar-refractivity contribution in [3.05, 3.63) is 29.3 Å². The molecule has 24 heavy (non-hydrogen) atoms. The second-order valence-corrected chi connectivity index (χ2v) is 7.78. The van der Waals surface area contributed by atoms with Gasteiger partial charge in [0.05, 0.1) is 17.9 Å². The number of carboxylic acid groups (broad SMARTS) is 1. The molecule has 0 aromatic heterocycles. The molecule has 1 aliphatic heterocycles. The lowest BCUT2D eigenvalue weighted by atomic mass is 10.1. The predicted octanol–water partition coefficient (Wildman–Crippen LogP) is 1.47. The minimum Gasteiger partial charge on any atom is -0.481 e. The van der Waals surface area contributed by atoms with Gasteiger partial charge in [0.15, 0.2) is 0 Å². The highest BCUT2D eigenvalue weighted by atomic mass is 32.2. The van der Waals surface area contributed by atoms with Crippen LogP contribution in [0.5, 0.6) is 0 Å². The number of rotatable bonds is 6. The Morgan fingerprint density at radius 3 is 2.54 bits per heavy atom. The number of aliphatic carboxylic acids is 1. The van der Waals surface area contributed by atoms with E-state index in [4.69, 9.17) is 5.11 Å². The molecule has 0 radical (unpaired) electrons. The Morgan fingerprint density at radius 1 is 1.33 bits per heavy atom. The van der Waals surface area contributed by atoms with Crippen LogP contribution >= 0.6 is 0 Å². The monoisotopic (exact) mass is 354 g/mol. The number of carbonyl (C=O) groups excluding carboxylic acids is 1. The smallest absolute Gasteiger partial charge is 0.305 e. The van der Waals surface area contributed by atoms with Gasteiger partial charge in [-0.15, -0.1) is 0 Å². The lowest BCUT2D eigenvalue weighted by molar-refractivity contribution is -0.137. The molecule has 0 atom stereocenters. The molecule has 0 aliphatic carbocycles. The second-order valence-electron chi connectivity index (χ2n) is 5.77. The summed E-state index contributed by atoms with van der Waals surface area (Å²) in [6, 6.07) is 4.94. The molecule has 0 unspecified atom stereocenters. The first kappa shape index (κ1) is 18.3. The standard InChI is InChI=1S/C16H22N2O5S/c1-3-17(9-7-15(19)20)16(21)14-6-5-13(11-12(14)2)18-8-4-10-24(18,22)23/h5-6,11H,3-4,7-10H2,1-2H3,(H,19,20). The van der Waals surface area contributed by atoms with Crippen molar-refractivity contribution in [3.8, 4) is 0 Å². The van der Waals surface area contributed by atoms with E-state index in [0.717, 1.165) is 0 Å². The van der Waals surface area contributed by atoms with Crippen molar-refractivity contribution in [3.63, 3.8) is 0 Å². The van der Waals surface area contributed by atoms with Gasteiger partial charge < -0.3 is 10.0 Å². The number of amides is 1. The highest BCUT2D eigenvalue weighted by Crippen LogP contribution is 2.26. The van der Waals surface area contributed by atoms with Gasteiger partial charge in [0.25, 0.3) is 5.91 Å². The maximum atomic E-state index is 12.6. The molecule has 1 heterocycles. The minimum atomic E-state index is -3.26. The molecule has 1 N–H and O–H groups in total. The van der Waals surface area contributed by atoms with Crippen LogP contribution in [-0.4, -0.2) is 55.7 Å². The molecule has 7 nitrogen and oxygen atoms in total.